The van der Waals surface area contributed by atoms with Crippen molar-refractivity contribution in [2.75, 3.05) is 23.3 Å². The van der Waals surface area contributed by atoms with Gasteiger partial charge in [0.15, 0.2) is 0 Å². The highest BCUT2D eigenvalue weighted by atomic mass is 35.5. The van der Waals surface area contributed by atoms with Crippen molar-refractivity contribution in [3.05, 3.63) is 23.2 Å². The summed E-state index contributed by atoms with van der Waals surface area (Å²) in [7, 11) is -1.84. The number of hydrogen-bond donors (Lipinski definition) is 1. The van der Waals surface area contributed by atoms with Crippen molar-refractivity contribution in [1.82, 2.24) is 0 Å². The average molecular weight is 235 g/mol. The maximum Gasteiger partial charge on any atom is 0.232 e. The van der Waals surface area contributed by atoms with Crippen LogP contribution in [0.5, 0.6) is 0 Å². The Morgan fingerprint density at radius 2 is 2.00 bits per heavy atom. The molecule has 14 heavy (non-hydrogen) atoms. The number of nitrogens with two attached hydrogens (primary N) is 1. The van der Waals surface area contributed by atoms with E-state index in [1.807, 2.05) is 0 Å². The van der Waals surface area contributed by atoms with E-state index < -0.39 is 10.0 Å². The SMILES string of the molecule is CN(c1ccc(Cl)cc1N)S(C)(=O)=O. The Kier molecular flexibility index (Phi) is 2.92. The van der Waals surface area contributed by atoms with Crippen LogP contribution in [-0.4, -0.2) is 21.7 Å². The number of nitrogens with zero attached hydrogens (tertiary/aromatic N) is 1. The smallest absolute Gasteiger partial charge is 0.232 e. The Morgan fingerprint density at radius 3 is 2.43 bits per heavy atom. The molecule has 0 radical (unpaired) electrons. The molecule has 0 saturated heterocycles. The van der Waals surface area contributed by atoms with Gasteiger partial charge in [0.05, 0.1) is 17.6 Å². The highest BCUT2D eigenvalue weighted by Crippen LogP contribution is 2.26. The Labute approximate surface area is 88.3 Å². The summed E-state index contributed by atoms with van der Waals surface area (Å²) >= 11 is 5.69. The predicted molar refractivity (Wildman–Crippen MR) is 59.1 cm³/mol. The van der Waals surface area contributed by atoms with E-state index in [4.69, 9.17) is 17.3 Å². The van der Waals surface area contributed by atoms with Gasteiger partial charge in [-0.2, -0.15) is 0 Å². The first kappa shape index (κ1) is 11.1. The third-order valence-corrected chi connectivity index (χ3v) is 3.25. The molecule has 78 valence electrons. The maximum absolute atomic E-state index is 11.2. The summed E-state index contributed by atoms with van der Waals surface area (Å²) in [6.45, 7) is 0. The van der Waals surface area contributed by atoms with E-state index in [1.54, 1.807) is 12.1 Å². The van der Waals surface area contributed by atoms with Gasteiger partial charge in [-0.25, -0.2) is 8.42 Å². The topological polar surface area (TPSA) is 63.4 Å². The summed E-state index contributed by atoms with van der Waals surface area (Å²) in [4.78, 5) is 0. The summed E-state index contributed by atoms with van der Waals surface area (Å²) in [5.74, 6) is 0. The van der Waals surface area contributed by atoms with E-state index in [2.05, 4.69) is 0 Å². The molecule has 0 atom stereocenters. The van der Waals surface area contributed by atoms with Gasteiger partial charge in [-0.15, -0.1) is 0 Å². The van der Waals surface area contributed by atoms with Crippen LogP contribution >= 0.6 is 11.6 Å². The van der Waals surface area contributed by atoms with Gasteiger partial charge in [-0.05, 0) is 18.2 Å². The molecule has 6 heteroatoms. The van der Waals surface area contributed by atoms with Crippen molar-refractivity contribution in [1.29, 1.82) is 0 Å². The standard InChI is InChI=1S/C8H11ClN2O2S/c1-11(14(2,12)13)8-4-3-6(9)5-7(8)10/h3-5H,10H2,1-2H3. The van der Waals surface area contributed by atoms with E-state index in [9.17, 15) is 8.42 Å². The quantitative estimate of drug-likeness (QED) is 0.785. The minimum atomic E-state index is -3.28. The second-order valence-electron chi connectivity index (χ2n) is 2.93. The predicted octanol–water partition coefficient (Wildman–Crippen LogP) is 1.32. The van der Waals surface area contributed by atoms with Gasteiger partial charge in [0, 0.05) is 12.1 Å². The van der Waals surface area contributed by atoms with Crippen LogP contribution in [0.25, 0.3) is 0 Å². The number of rotatable bonds is 2. The molecule has 0 fully saturated rings. The summed E-state index contributed by atoms with van der Waals surface area (Å²) in [5, 5.41) is 0.480. The number of benzene rings is 1. The monoisotopic (exact) mass is 234 g/mol. The first-order chi connectivity index (χ1) is 6.32. The molecule has 1 rings (SSSR count). The van der Waals surface area contributed by atoms with Crippen molar-refractivity contribution in [3.8, 4) is 0 Å². The number of hydrogen-bond acceptors (Lipinski definition) is 3. The van der Waals surface area contributed by atoms with Crippen LogP contribution in [0.1, 0.15) is 0 Å². The molecule has 0 saturated carbocycles. The fourth-order valence-electron chi connectivity index (χ4n) is 0.991. The molecule has 0 unspecified atom stereocenters. The van der Waals surface area contributed by atoms with Gasteiger partial charge in [0.1, 0.15) is 0 Å². The van der Waals surface area contributed by atoms with Gasteiger partial charge in [-0.1, -0.05) is 11.6 Å². The summed E-state index contributed by atoms with van der Waals surface area (Å²) in [5.41, 5.74) is 6.39. The molecule has 0 aliphatic rings. The molecule has 0 heterocycles. The molecule has 0 aromatic heterocycles. The van der Waals surface area contributed by atoms with Crippen LogP contribution in [0.15, 0.2) is 18.2 Å². The van der Waals surface area contributed by atoms with Crippen molar-refractivity contribution < 1.29 is 8.42 Å². The number of halogens is 1. The lowest BCUT2D eigenvalue weighted by atomic mass is 10.3. The Hall–Kier alpha value is -0.940. The highest BCUT2D eigenvalue weighted by Gasteiger charge is 2.14. The molecule has 0 aliphatic carbocycles. The lowest BCUT2D eigenvalue weighted by Gasteiger charge is -2.18. The lowest BCUT2D eigenvalue weighted by Crippen LogP contribution is -2.25. The third-order valence-electron chi connectivity index (χ3n) is 1.83. The van der Waals surface area contributed by atoms with Crippen LogP contribution in [0.2, 0.25) is 5.02 Å². The zero-order valence-corrected chi connectivity index (χ0v) is 9.43. The maximum atomic E-state index is 11.2. The average Bonchev–Trinajstić information content (AvgIpc) is 2.01. The van der Waals surface area contributed by atoms with Crippen LogP contribution in [-0.2, 0) is 10.0 Å². The van der Waals surface area contributed by atoms with Crippen LogP contribution in [0.3, 0.4) is 0 Å². The first-order valence-corrected chi connectivity index (χ1v) is 6.04. The van der Waals surface area contributed by atoms with E-state index in [-0.39, 0.29) is 0 Å². The number of anilines is 2. The molecule has 0 bridgehead atoms. The largest absolute Gasteiger partial charge is 0.397 e. The molecular weight excluding hydrogens is 224 g/mol. The first-order valence-electron chi connectivity index (χ1n) is 3.81. The van der Waals surface area contributed by atoms with Crippen LogP contribution in [0.4, 0.5) is 11.4 Å². The molecule has 1 aromatic rings. The number of nitrogen functional groups attached to an aromatic ring is 1. The molecule has 0 aliphatic heterocycles. The van der Waals surface area contributed by atoms with Crippen molar-refractivity contribution in [2.45, 2.75) is 0 Å². The normalized spacial score (nSPS) is 11.4. The van der Waals surface area contributed by atoms with Gasteiger partial charge in [-0.3, -0.25) is 4.31 Å². The van der Waals surface area contributed by atoms with Crippen LogP contribution < -0.4 is 10.0 Å². The minimum absolute atomic E-state index is 0.338. The molecule has 1 aromatic carbocycles. The van der Waals surface area contributed by atoms with E-state index in [0.29, 0.717) is 16.4 Å². The van der Waals surface area contributed by atoms with E-state index in [0.717, 1.165) is 10.6 Å². The second kappa shape index (κ2) is 3.67. The summed E-state index contributed by atoms with van der Waals surface area (Å²) in [6.07, 6.45) is 1.11. The molecule has 0 amide bonds. The van der Waals surface area contributed by atoms with E-state index in [1.165, 1.54) is 13.1 Å². The summed E-state index contributed by atoms with van der Waals surface area (Å²) < 4.78 is 23.5. The van der Waals surface area contributed by atoms with Gasteiger partial charge >= 0.3 is 0 Å². The van der Waals surface area contributed by atoms with Crippen molar-refractivity contribution in [2.24, 2.45) is 0 Å². The van der Waals surface area contributed by atoms with Gasteiger partial charge in [0.2, 0.25) is 10.0 Å². The third kappa shape index (κ3) is 2.30. The molecule has 2 N–H and O–H groups in total. The van der Waals surface area contributed by atoms with Crippen LogP contribution in [0, 0.1) is 0 Å². The Morgan fingerprint density at radius 1 is 1.43 bits per heavy atom. The van der Waals surface area contributed by atoms with Crippen molar-refractivity contribution in [3.63, 3.8) is 0 Å². The zero-order valence-electron chi connectivity index (χ0n) is 7.86. The number of sulfonamides is 1. The lowest BCUT2D eigenvalue weighted by molar-refractivity contribution is 0.600. The van der Waals surface area contributed by atoms with Crippen molar-refractivity contribution >= 4 is 33.0 Å². The zero-order chi connectivity index (χ0) is 10.9. The molecule has 0 spiro atoms. The second-order valence-corrected chi connectivity index (χ2v) is 5.38. The Balaban J connectivity index is 3.21. The van der Waals surface area contributed by atoms with Gasteiger partial charge < -0.3 is 5.73 Å². The fourth-order valence-corrected chi connectivity index (χ4v) is 1.69. The Bertz CT molecular complexity index is 445. The van der Waals surface area contributed by atoms with Gasteiger partial charge in [0.25, 0.3) is 0 Å². The highest BCUT2D eigenvalue weighted by molar-refractivity contribution is 7.92. The van der Waals surface area contributed by atoms with E-state index >= 15 is 0 Å². The fraction of sp³-hybridized carbons (Fsp3) is 0.250. The summed E-state index contributed by atoms with van der Waals surface area (Å²) in [6, 6.07) is 4.67. The molecule has 4 nitrogen and oxygen atoms in total. The minimum Gasteiger partial charge on any atom is -0.397 e. The molecular formula is C8H11ClN2O2S.